The Morgan fingerprint density at radius 3 is 2.64 bits per heavy atom. The zero-order valence-corrected chi connectivity index (χ0v) is 19.8. The van der Waals surface area contributed by atoms with Crippen LogP contribution in [0.1, 0.15) is 31.7 Å². The lowest BCUT2D eigenvalue weighted by atomic mass is 9.93. The number of aromatic nitrogens is 2. The number of nitrogens with zero attached hydrogens (tertiary/aromatic N) is 5. The number of anilines is 1. The van der Waals surface area contributed by atoms with E-state index >= 15 is 0 Å². The van der Waals surface area contributed by atoms with Crippen LogP contribution in [0.15, 0.2) is 36.5 Å². The van der Waals surface area contributed by atoms with E-state index in [1.807, 2.05) is 16.7 Å². The van der Waals surface area contributed by atoms with Crippen LogP contribution < -0.4 is 10.2 Å². The minimum absolute atomic E-state index is 0.00703. The van der Waals surface area contributed by atoms with Crippen molar-refractivity contribution < 1.29 is 9.18 Å². The lowest BCUT2D eigenvalue weighted by molar-refractivity contribution is 0.162. The van der Waals surface area contributed by atoms with Crippen molar-refractivity contribution in [3.8, 4) is 0 Å². The van der Waals surface area contributed by atoms with Gasteiger partial charge >= 0.3 is 6.03 Å². The highest BCUT2D eigenvalue weighted by molar-refractivity contribution is 6.29. The number of amides is 2. The Morgan fingerprint density at radius 2 is 1.94 bits per heavy atom. The molecule has 7 nitrogen and oxygen atoms in total. The fourth-order valence-corrected chi connectivity index (χ4v) is 4.82. The molecule has 2 amide bonds. The van der Waals surface area contributed by atoms with Crippen molar-refractivity contribution in [1.82, 2.24) is 25.1 Å². The number of hydrogen-bond acceptors (Lipinski definition) is 5. The van der Waals surface area contributed by atoms with E-state index in [2.05, 4.69) is 50.5 Å². The molecule has 4 rings (SSSR count). The van der Waals surface area contributed by atoms with E-state index in [1.165, 1.54) is 18.4 Å². The number of urea groups is 1. The molecule has 33 heavy (non-hydrogen) atoms. The van der Waals surface area contributed by atoms with Crippen LogP contribution in [-0.2, 0) is 6.54 Å². The van der Waals surface area contributed by atoms with Gasteiger partial charge in [-0.25, -0.2) is 14.2 Å². The molecule has 1 aromatic carbocycles. The summed E-state index contributed by atoms with van der Waals surface area (Å²) in [5.41, 5.74) is 1.37. The smallest absolute Gasteiger partial charge is 0.317 e. The number of halogens is 2. The minimum Gasteiger partial charge on any atom is -0.338 e. The van der Waals surface area contributed by atoms with Gasteiger partial charge in [-0.2, -0.15) is 4.98 Å². The average Bonchev–Trinajstić information content (AvgIpc) is 2.82. The summed E-state index contributed by atoms with van der Waals surface area (Å²) in [4.78, 5) is 27.1. The molecule has 2 aromatic rings. The van der Waals surface area contributed by atoms with Gasteiger partial charge in [0.05, 0.1) is 6.20 Å². The summed E-state index contributed by atoms with van der Waals surface area (Å²) in [5.74, 6) is 0.423. The maximum absolute atomic E-state index is 13.3. The molecular weight excluding hydrogens is 443 g/mol. The molecule has 0 aliphatic carbocycles. The monoisotopic (exact) mass is 474 g/mol. The molecule has 0 radical (unpaired) electrons. The van der Waals surface area contributed by atoms with Crippen LogP contribution in [0.4, 0.5) is 15.1 Å². The van der Waals surface area contributed by atoms with Crippen LogP contribution in [0.5, 0.6) is 0 Å². The maximum Gasteiger partial charge on any atom is 0.317 e. The second-order valence-electron chi connectivity index (χ2n) is 9.02. The number of piperazine rings is 1. The number of piperidine rings is 1. The first kappa shape index (κ1) is 23.7. The van der Waals surface area contributed by atoms with Crippen molar-refractivity contribution in [2.45, 2.75) is 38.8 Å². The van der Waals surface area contributed by atoms with Gasteiger partial charge in [0.25, 0.3) is 0 Å². The van der Waals surface area contributed by atoms with Gasteiger partial charge < -0.3 is 15.1 Å². The van der Waals surface area contributed by atoms with Crippen molar-refractivity contribution in [3.63, 3.8) is 0 Å². The molecule has 3 heterocycles. The Morgan fingerprint density at radius 1 is 1.18 bits per heavy atom. The molecule has 9 heteroatoms. The largest absolute Gasteiger partial charge is 0.338 e. The summed E-state index contributed by atoms with van der Waals surface area (Å²) in [6.45, 7) is 7.66. The minimum atomic E-state index is -0.631. The highest BCUT2D eigenvalue weighted by Crippen LogP contribution is 2.22. The maximum atomic E-state index is 13.3. The van der Waals surface area contributed by atoms with Gasteiger partial charge in [-0.3, -0.25) is 4.90 Å². The van der Waals surface area contributed by atoms with E-state index in [0.717, 1.165) is 32.3 Å². The second-order valence-corrected chi connectivity index (χ2v) is 9.38. The Labute approximate surface area is 199 Å². The molecule has 1 N–H and O–H groups in total. The van der Waals surface area contributed by atoms with Crippen LogP contribution >= 0.6 is 11.6 Å². The van der Waals surface area contributed by atoms with E-state index < -0.39 is 5.82 Å². The number of benzene rings is 1. The van der Waals surface area contributed by atoms with Crippen molar-refractivity contribution in [2.75, 3.05) is 44.2 Å². The van der Waals surface area contributed by atoms with Gasteiger partial charge in [0.1, 0.15) is 0 Å². The predicted molar refractivity (Wildman–Crippen MR) is 128 cm³/mol. The zero-order valence-electron chi connectivity index (χ0n) is 19.1. The van der Waals surface area contributed by atoms with Crippen LogP contribution in [0, 0.1) is 11.7 Å². The summed E-state index contributed by atoms with van der Waals surface area (Å²) in [5, 5.41) is 2.92. The van der Waals surface area contributed by atoms with Gasteiger partial charge in [0, 0.05) is 38.8 Å². The van der Waals surface area contributed by atoms with Crippen LogP contribution in [0.25, 0.3) is 0 Å². The first-order valence-electron chi connectivity index (χ1n) is 11.7. The molecule has 2 aliphatic rings. The normalized spacial score (nSPS) is 20.2. The highest BCUT2D eigenvalue weighted by atomic mass is 35.5. The Hall–Kier alpha value is -2.45. The fraction of sp³-hybridized carbons (Fsp3) is 0.542. The quantitative estimate of drug-likeness (QED) is 0.645. The third kappa shape index (κ3) is 6.32. The summed E-state index contributed by atoms with van der Waals surface area (Å²) >= 11 is 5.78. The zero-order chi connectivity index (χ0) is 23.2. The third-order valence-electron chi connectivity index (χ3n) is 6.64. The average molecular weight is 475 g/mol. The molecule has 0 unspecified atom stereocenters. The van der Waals surface area contributed by atoms with Gasteiger partial charge in [0.2, 0.25) is 5.95 Å². The molecule has 2 saturated heterocycles. The summed E-state index contributed by atoms with van der Waals surface area (Å²) in [6, 6.07) is 10.6. The predicted octanol–water partition coefficient (Wildman–Crippen LogP) is 3.79. The first-order valence-corrected chi connectivity index (χ1v) is 12.1. The number of carbonyl (C=O) groups is 1. The number of nitrogens with one attached hydrogen (secondary N) is 1. The molecule has 0 spiro atoms. The Kier molecular flexibility index (Phi) is 7.98. The lowest BCUT2D eigenvalue weighted by Crippen LogP contribution is -2.57. The molecule has 1 atom stereocenters. The number of likely N-dealkylation sites (tertiary alicyclic amines) is 1. The van der Waals surface area contributed by atoms with Crippen molar-refractivity contribution in [1.29, 1.82) is 0 Å². The Bertz CT molecular complexity index is 924. The molecule has 1 aromatic heterocycles. The van der Waals surface area contributed by atoms with E-state index in [0.29, 0.717) is 38.0 Å². The first-order chi connectivity index (χ1) is 16.0. The topological polar surface area (TPSA) is 64.6 Å². The molecule has 2 aliphatic heterocycles. The van der Waals surface area contributed by atoms with E-state index in [9.17, 15) is 9.18 Å². The van der Waals surface area contributed by atoms with Gasteiger partial charge in [-0.15, -0.1) is 0 Å². The second kappa shape index (κ2) is 11.1. The lowest BCUT2D eigenvalue weighted by Gasteiger charge is -2.39. The van der Waals surface area contributed by atoms with Crippen molar-refractivity contribution in [3.05, 3.63) is 53.1 Å². The number of rotatable bonds is 6. The Balaban J connectivity index is 1.16. The molecule has 2 fully saturated rings. The number of hydrogen-bond donors (Lipinski definition) is 1. The molecule has 0 bridgehead atoms. The third-order valence-corrected chi connectivity index (χ3v) is 6.91. The number of carbonyl (C=O) groups excluding carboxylic acids is 1. The van der Waals surface area contributed by atoms with Crippen molar-refractivity contribution in [2.24, 2.45) is 5.92 Å². The fourth-order valence-electron chi connectivity index (χ4n) is 4.69. The van der Waals surface area contributed by atoms with Crippen LogP contribution in [0.2, 0.25) is 5.15 Å². The molecule has 0 saturated carbocycles. The highest BCUT2D eigenvalue weighted by Gasteiger charge is 2.29. The molecule has 178 valence electrons. The standard InChI is InChI=1S/C24H32ClFN6O/c1-18-16-31(23-28-15-21(26)22(25)29-23)13-14-32(18)24(33)27-10-7-19-8-11-30(12-9-19)17-20-5-3-2-4-6-20/h2-6,15,18-19H,7-14,16-17H2,1H3,(H,27,33)/t18-/m1/s1. The molecular formula is C24H32ClFN6O. The van der Waals surface area contributed by atoms with Gasteiger partial charge in [-0.05, 0) is 50.8 Å². The SMILES string of the molecule is C[C@@H]1CN(c2ncc(F)c(Cl)n2)CCN1C(=O)NCCC1CCN(Cc2ccccc2)CC1. The van der Waals surface area contributed by atoms with E-state index in [1.54, 1.807) is 0 Å². The van der Waals surface area contributed by atoms with E-state index in [4.69, 9.17) is 11.6 Å². The summed E-state index contributed by atoms with van der Waals surface area (Å²) < 4.78 is 13.3. The van der Waals surface area contributed by atoms with Crippen LogP contribution in [0.3, 0.4) is 0 Å². The van der Waals surface area contributed by atoms with Gasteiger partial charge in [-0.1, -0.05) is 41.9 Å². The van der Waals surface area contributed by atoms with Crippen molar-refractivity contribution >= 4 is 23.6 Å². The van der Waals surface area contributed by atoms with E-state index in [-0.39, 0.29) is 17.2 Å². The summed E-state index contributed by atoms with van der Waals surface area (Å²) in [6.07, 6.45) is 4.46. The van der Waals surface area contributed by atoms with Crippen LogP contribution in [-0.4, -0.2) is 71.1 Å². The summed E-state index contributed by atoms with van der Waals surface area (Å²) in [7, 11) is 0. The van der Waals surface area contributed by atoms with Gasteiger partial charge in [0.15, 0.2) is 11.0 Å².